The molecule has 8 heteroatoms. The third kappa shape index (κ3) is 4.55. The van der Waals surface area contributed by atoms with Gasteiger partial charge in [0.05, 0.1) is 7.11 Å². The standard InChI is InChI=1S/C21H20N4O4/c1-27-16-5-2-14(3-6-16)8-10-22-20(26)17-9-11-23-21(25-17)24-15-4-7-18-19(12-15)29-13-28-18/h2-7,9,11-12H,8,10,13H2,1H3,(H,22,26)(H,23,24,25). The Morgan fingerprint density at radius 2 is 1.93 bits per heavy atom. The fourth-order valence-electron chi connectivity index (χ4n) is 2.85. The zero-order valence-electron chi connectivity index (χ0n) is 15.8. The molecule has 0 aliphatic carbocycles. The highest BCUT2D eigenvalue weighted by atomic mass is 16.7. The molecule has 1 amide bonds. The fourth-order valence-corrected chi connectivity index (χ4v) is 2.85. The molecule has 0 saturated carbocycles. The molecule has 0 unspecified atom stereocenters. The van der Waals surface area contributed by atoms with E-state index in [1.807, 2.05) is 30.3 Å². The maximum absolute atomic E-state index is 12.4. The van der Waals surface area contributed by atoms with Crippen LogP contribution in [0.15, 0.2) is 54.7 Å². The molecule has 3 aromatic rings. The molecule has 4 rings (SSSR count). The lowest BCUT2D eigenvalue weighted by molar-refractivity contribution is 0.0949. The summed E-state index contributed by atoms with van der Waals surface area (Å²) in [7, 11) is 1.63. The average molecular weight is 392 g/mol. The van der Waals surface area contributed by atoms with Crippen molar-refractivity contribution >= 4 is 17.5 Å². The van der Waals surface area contributed by atoms with E-state index in [4.69, 9.17) is 14.2 Å². The topological polar surface area (TPSA) is 94.6 Å². The van der Waals surface area contributed by atoms with E-state index in [0.29, 0.717) is 30.4 Å². The molecule has 148 valence electrons. The summed E-state index contributed by atoms with van der Waals surface area (Å²) < 4.78 is 15.8. The molecular formula is C21H20N4O4. The van der Waals surface area contributed by atoms with Gasteiger partial charge >= 0.3 is 0 Å². The molecule has 8 nitrogen and oxygen atoms in total. The second kappa shape index (κ2) is 8.47. The minimum Gasteiger partial charge on any atom is -0.497 e. The van der Waals surface area contributed by atoms with Gasteiger partial charge in [0, 0.05) is 24.5 Å². The second-order valence-corrected chi connectivity index (χ2v) is 6.31. The van der Waals surface area contributed by atoms with E-state index < -0.39 is 0 Å². The van der Waals surface area contributed by atoms with Crippen molar-refractivity contribution in [1.82, 2.24) is 15.3 Å². The first-order valence-corrected chi connectivity index (χ1v) is 9.12. The van der Waals surface area contributed by atoms with Crippen molar-refractivity contribution in [1.29, 1.82) is 0 Å². The van der Waals surface area contributed by atoms with Gasteiger partial charge in [0.1, 0.15) is 11.4 Å². The molecule has 29 heavy (non-hydrogen) atoms. The lowest BCUT2D eigenvalue weighted by Crippen LogP contribution is -2.26. The van der Waals surface area contributed by atoms with Gasteiger partial charge in [-0.15, -0.1) is 0 Å². The third-order valence-corrected chi connectivity index (χ3v) is 4.38. The molecule has 0 atom stereocenters. The highest BCUT2D eigenvalue weighted by molar-refractivity contribution is 5.92. The van der Waals surface area contributed by atoms with Gasteiger partial charge < -0.3 is 24.8 Å². The number of anilines is 2. The highest BCUT2D eigenvalue weighted by Gasteiger charge is 2.14. The van der Waals surface area contributed by atoms with Gasteiger partial charge in [0.2, 0.25) is 12.7 Å². The van der Waals surface area contributed by atoms with Crippen LogP contribution in [0, 0.1) is 0 Å². The monoisotopic (exact) mass is 392 g/mol. The SMILES string of the molecule is COc1ccc(CCNC(=O)c2ccnc(Nc3ccc4c(c3)OCO4)n2)cc1. The highest BCUT2D eigenvalue weighted by Crippen LogP contribution is 2.34. The minimum atomic E-state index is -0.255. The Labute approximate surface area is 167 Å². The van der Waals surface area contributed by atoms with E-state index in [-0.39, 0.29) is 18.4 Å². The molecule has 0 saturated heterocycles. The summed E-state index contributed by atoms with van der Waals surface area (Å²) in [5.41, 5.74) is 2.14. The number of hydrogen-bond donors (Lipinski definition) is 2. The van der Waals surface area contributed by atoms with Crippen LogP contribution in [0.1, 0.15) is 16.1 Å². The summed E-state index contributed by atoms with van der Waals surface area (Å²) in [6, 6.07) is 14.8. The fraction of sp³-hybridized carbons (Fsp3) is 0.190. The zero-order valence-corrected chi connectivity index (χ0v) is 15.8. The number of fused-ring (bicyclic) bond motifs is 1. The van der Waals surface area contributed by atoms with Crippen LogP contribution in [0.25, 0.3) is 0 Å². The number of ether oxygens (including phenoxy) is 3. The van der Waals surface area contributed by atoms with Gasteiger partial charge in [0.15, 0.2) is 11.5 Å². The maximum atomic E-state index is 12.4. The van der Waals surface area contributed by atoms with Crippen LogP contribution in [-0.2, 0) is 6.42 Å². The number of methoxy groups -OCH3 is 1. The van der Waals surface area contributed by atoms with Gasteiger partial charge in [-0.3, -0.25) is 4.79 Å². The number of carbonyl (C=O) groups is 1. The van der Waals surface area contributed by atoms with E-state index in [0.717, 1.165) is 17.0 Å². The molecule has 1 aromatic heterocycles. The number of nitrogens with one attached hydrogen (secondary N) is 2. The number of benzene rings is 2. The third-order valence-electron chi connectivity index (χ3n) is 4.38. The summed E-state index contributed by atoms with van der Waals surface area (Å²) >= 11 is 0. The van der Waals surface area contributed by atoms with Gasteiger partial charge in [-0.05, 0) is 42.3 Å². The van der Waals surface area contributed by atoms with E-state index >= 15 is 0 Å². The summed E-state index contributed by atoms with van der Waals surface area (Å²) in [6.07, 6.45) is 2.25. The molecule has 0 bridgehead atoms. The smallest absolute Gasteiger partial charge is 0.270 e. The Morgan fingerprint density at radius 1 is 1.10 bits per heavy atom. The van der Waals surface area contributed by atoms with Crippen molar-refractivity contribution in [3.05, 3.63) is 66.0 Å². The minimum absolute atomic E-state index is 0.210. The predicted octanol–water partition coefficient (Wildman–Crippen LogP) is 2.93. The van der Waals surface area contributed by atoms with Crippen molar-refractivity contribution in [3.8, 4) is 17.2 Å². The molecule has 2 aromatic carbocycles. The molecule has 0 radical (unpaired) electrons. The Morgan fingerprint density at radius 3 is 2.76 bits per heavy atom. The maximum Gasteiger partial charge on any atom is 0.270 e. The van der Waals surface area contributed by atoms with E-state index in [9.17, 15) is 4.79 Å². The van der Waals surface area contributed by atoms with Crippen molar-refractivity contribution in [2.75, 3.05) is 25.8 Å². The largest absolute Gasteiger partial charge is 0.497 e. The molecule has 2 N–H and O–H groups in total. The number of hydrogen-bond acceptors (Lipinski definition) is 7. The molecule has 1 aliphatic rings. The van der Waals surface area contributed by atoms with Crippen LogP contribution in [-0.4, -0.2) is 36.3 Å². The lowest BCUT2D eigenvalue weighted by atomic mass is 10.1. The van der Waals surface area contributed by atoms with E-state index in [1.165, 1.54) is 0 Å². The average Bonchev–Trinajstić information content (AvgIpc) is 3.22. The number of aromatic nitrogens is 2. The van der Waals surface area contributed by atoms with Gasteiger partial charge in [0.25, 0.3) is 5.91 Å². The summed E-state index contributed by atoms with van der Waals surface area (Å²) in [5, 5.41) is 5.95. The molecule has 0 fully saturated rings. The van der Waals surface area contributed by atoms with Crippen molar-refractivity contribution in [2.24, 2.45) is 0 Å². The number of amides is 1. The number of nitrogens with zero attached hydrogens (tertiary/aromatic N) is 2. The Kier molecular flexibility index (Phi) is 5.42. The van der Waals surface area contributed by atoms with Crippen LogP contribution < -0.4 is 24.8 Å². The Hall–Kier alpha value is -3.81. The number of rotatable bonds is 7. The number of carbonyl (C=O) groups excluding carboxylic acids is 1. The van der Waals surface area contributed by atoms with Gasteiger partial charge in [-0.25, -0.2) is 9.97 Å². The van der Waals surface area contributed by atoms with Crippen molar-refractivity contribution < 1.29 is 19.0 Å². The van der Waals surface area contributed by atoms with Crippen LogP contribution in [0.3, 0.4) is 0 Å². The molecule has 2 heterocycles. The Balaban J connectivity index is 1.34. The van der Waals surface area contributed by atoms with Gasteiger partial charge in [-0.1, -0.05) is 12.1 Å². The molecule has 1 aliphatic heterocycles. The summed E-state index contributed by atoms with van der Waals surface area (Å²) in [6.45, 7) is 0.710. The summed E-state index contributed by atoms with van der Waals surface area (Å²) in [4.78, 5) is 20.9. The second-order valence-electron chi connectivity index (χ2n) is 6.31. The first-order chi connectivity index (χ1) is 14.2. The van der Waals surface area contributed by atoms with E-state index in [2.05, 4.69) is 20.6 Å². The first-order valence-electron chi connectivity index (χ1n) is 9.12. The van der Waals surface area contributed by atoms with Crippen LogP contribution >= 0.6 is 0 Å². The molecule has 0 spiro atoms. The van der Waals surface area contributed by atoms with Crippen molar-refractivity contribution in [3.63, 3.8) is 0 Å². The van der Waals surface area contributed by atoms with E-state index in [1.54, 1.807) is 31.5 Å². The molecular weight excluding hydrogens is 372 g/mol. The van der Waals surface area contributed by atoms with Crippen LogP contribution in [0.4, 0.5) is 11.6 Å². The predicted molar refractivity (Wildman–Crippen MR) is 107 cm³/mol. The zero-order chi connectivity index (χ0) is 20.1. The quantitative estimate of drug-likeness (QED) is 0.638. The summed E-state index contributed by atoms with van der Waals surface area (Å²) in [5.74, 6) is 2.23. The Bertz CT molecular complexity index is 1010. The van der Waals surface area contributed by atoms with Crippen molar-refractivity contribution in [2.45, 2.75) is 6.42 Å². The lowest BCUT2D eigenvalue weighted by Gasteiger charge is -2.08. The first kappa shape index (κ1) is 18.5. The van der Waals surface area contributed by atoms with Crippen LogP contribution in [0.5, 0.6) is 17.2 Å². The normalized spacial score (nSPS) is 11.8. The van der Waals surface area contributed by atoms with Crippen LogP contribution in [0.2, 0.25) is 0 Å². The van der Waals surface area contributed by atoms with Gasteiger partial charge in [-0.2, -0.15) is 0 Å².